The zero-order valence-corrected chi connectivity index (χ0v) is 16.0. The highest BCUT2D eigenvalue weighted by molar-refractivity contribution is 7.92. The predicted octanol–water partition coefficient (Wildman–Crippen LogP) is 4.25. The van der Waals surface area contributed by atoms with E-state index in [2.05, 4.69) is 0 Å². The fourth-order valence-electron chi connectivity index (χ4n) is 3.99. The van der Waals surface area contributed by atoms with Crippen LogP contribution in [0.2, 0.25) is 5.02 Å². The SMILES string of the molecule is C[C@@H]1CC[C@@]2(S(=O)(=O)c3ccc(Cl)cc3)c3c(F)ccc(F)c3OC[C@H]2O1. The lowest BCUT2D eigenvalue weighted by molar-refractivity contribution is -0.0940. The maximum absolute atomic E-state index is 14.9. The van der Waals surface area contributed by atoms with Crippen LogP contribution in [0.4, 0.5) is 8.78 Å². The molecule has 0 unspecified atom stereocenters. The molecule has 0 N–H and O–H groups in total. The number of benzene rings is 2. The first-order chi connectivity index (χ1) is 12.8. The summed E-state index contributed by atoms with van der Waals surface area (Å²) in [6.45, 7) is 1.64. The number of hydrogen-bond acceptors (Lipinski definition) is 4. The van der Waals surface area contributed by atoms with Crippen LogP contribution in [0.15, 0.2) is 41.3 Å². The van der Waals surface area contributed by atoms with E-state index in [4.69, 9.17) is 21.1 Å². The standard InChI is InChI=1S/C19H17ClF2O4S/c1-11-8-9-19(27(23,24)13-4-2-12(20)3-5-13)16(26-11)10-25-18-15(22)7-6-14(21)17(18)19/h2-7,11,16H,8-10H2,1H3/t11-,16-,19+/m1/s1. The summed E-state index contributed by atoms with van der Waals surface area (Å²) in [4.78, 5) is -0.0217. The highest BCUT2D eigenvalue weighted by atomic mass is 35.5. The van der Waals surface area contributed by atoms with Gasteiger partial charge in [-0.1, -0.05) is 11.6 Å². The Morgan fingerprint density at radius 2 is 1.78 bits per heavy atom. The molecule has 0 aromatic heterocycles. The van der Waals surface area contributed by atoms with E-state index in [9.17, 15) is 17.2 Å². The summed E-state index contributed by atoms with van der Waals surface area (Å²) in [7, 11) is -4.15. The molecule has 1 fully saturated rings. The van der Waals surface area contributed by atoms with Crippen molar-refractivity contribution in [2.75, 3.05) is 6.61 Å². The molecule has 0 amide bonds. The monoisotopic (exact) mass is 414 g/mol. The summed E-state index contributed by atoms with van der Waals surface area (Å²) in [6.07, 6.45) is -0.685. The Morgan fingerprint density at radius 1 is 1.11 bits per heavy atom. The van der Waals surface area contributed by atoms with Gasteiger partial charge in [-0.2, -0.15) is 0 Å². The van der Waals surface area contributed by atoms with Crippen LogP contribution in [-0.4, -0.2) is 27.2 Å². The third-order valence-electron chi connectivity index (χ3n) is 5.30. The first-order valence-electron chi connectivity index (χ1n) is 8.54. The summed E-state index contributed by atoms with van der Waals surface area (Å²) in [5.41, 5.74) is -0.291. The number of sulfone groups is 1. The van der Waals surface area contributed by atoms with E-state index in [1.807, 2.05) is 6.92 Å². The van der Waals surface area contributed by atoms with Crippen molar-refractivity contribution in [3.8, 4) is 5.75 Å². The van der Waals surface area contributed by atoms with Gasteiger partial charge < -0.3 is 9.47 Å². The molecule has 144 valence electrons. The number of halogens is 3. The van der Waals surface area contributed by atoms with Crippen LogP contribution in [0.25, 0.3) is 0 Å². The second kappa shape index (κ2) is 6.43. The number of rotatable bonds is 2. The molecule has 0 spiro atoms. The minimum absolute atomic E-state index is 0.0217. The van der Waals surface area contributed by atoms with Crippen molar-refractivity contribution < 1.29 is 26.7 Å². The highest BCUT2D eigenvalue weighted by Gasteiger charge is 2.60. The molecule has 3 atom stereocenters. The quantitative estimate of drug-likeness (QED) is 0.737. The normalized spacial score (nSPS) is 27.4. The second-order valence-corrected chi connectivity index (χ2v) is 9.51. The van der Waals surface area contributed by atoms with Crippen molar-refractivity contribution >= 4 is 21.4 Å². The van der Waals surface area contributed by atoms with Crippen molar-refractivity contribution in [3.63, 3.8) is 0 Å². The Kier molecular flexibility index (Phi) is 4.44. The van der Waals surface area contributed by atoms with Gasteiger partial charge in [0.25, 0.3) is 0 Å². The summed E-state index contributed by atoms with van der Waals surface area (Å²) < 4.78 is 66.2. The van der Waals surface area contributed by atoms with E-state index >= 15 is 0 Å². The van der Waals surface area contributed by atoms with Gasteiger partial charge in [-0.15, -0.1) is 0 Å². The molecule has 0 saturated carbocycles. The average molecular weight is 415 g/mol. The molecule has 8 heteroatoms. The Labute approximate surface area is 161 Å². The zero-order chi connectivity index (χ0) is 19.4. The smallest absolute Gasteiger partial charge is 0.191 e. The summed E-state index contributed by atoms with van der Waals surface area (Å²) >= 11 is 5.88. The maximum Gasteiger partial charge on any atom is 0.191 e. The summed E-state index contributed by atoms with van der Waals surface area (Å²) in [5, 5.41) is 0.376. The van der Waals surface area contributed by atoms with E-state index in [0.29, 0.717) is 11.4 Å². The summed E-state index contributed by atoms with van der Waals surface area (Å²) in [6, 6.07) is 7.51. The molecule has 0 radical (unpaired) electrons. The van der Waals surface area contributed by atoms with Gasteiger partial charge in [0, 0.05) is 5.02 Å². The molecule has 2 aromatic carbocycles. The molecule has 2 aromatic rings. The fraction of sp³-hybridized carbons (Fsp3) is 0.368. The predicted molar refractivity (Wildman–Crippen MR) is 95.7 cm³/mol. The van der Waals surface area contributed by atoms with E-state index in [0.717, 1.165) is 12.1 Å². The van der Waals surface area contributed by atoms with Crippen molar-refractivity contribution in [1.82, 2.24) is 0 Å². The molecular weight excluding hydrogens is 398 g/mol. The van der Waals surface area contributed by atoms with E-state index in [1.54, 1.807) is 0 Å². The van der Waals surface area contributed by atoms with Gasteiger partial charge in [0.2, 0.25) is 0 Å². The van der Waals surface area contributed by atoms with Gasteiger partial charge in [0.1, 0.15) is 23.3 Å². The van der Waals surface area contributed by atoms with Crippen LogP contribution in [0.5, 0.6) is 5.75 Å². The molecule has 0 aliphatic carbocycles. The fourth-order valence-corrected chi connectivity index (χ4v) is 6.35. The van der Waals surface area contributed by atoms with E-state index < -0.39 is 32.3 Å². The number of fused-ring (bicyclic) bond motifs is 3. The lowest BCUT2D eigenvalue weighted by Crippen LogP contribution is -2.57. The van der Waals surface area contributed by atoms with Gasteiger partial charge in [0.15, 0.2) is 21.4 Å². The van der Waals surface area contributed by atoms with E-state index in [-0.39, 0.29) is 35.3 Å². The molecule has 2 aliphatic heterocycles. The number of ether oxygens (including phenoxy) is 2. The van der Waals surface area contributed by atoms with E-state index in [1.165, 1.54) is 24.3 Å². The lowest BCUT2D eigenvalue weighted by atomic mass is 9.82. The van der Waals surface area contributed by atoms with Gasteiger partial charge >= 0.3 is 0 Å². The van der Waals surface area contributed by atoms with Crippen molar-refractivity contribution in [2.45, 2.75) is 41.6 Å². The first kappa shape index (κ1) is 18.7. The largest absolute Gasteiger partial charge is 0.487 e. The van der Waals surface area contributed by atoms with Crippen LogP contribution < -0.4 is 4.74 Å². The zero-order valence-electron chi connectivity index (χ0n) is 14.4. The molecule has 27 heavy (non-hydrogen) atoms. The molecule has 1 saturated heterocycles. The Morgan fingerprint density at radius 3 is 2.48 bits per heavy atom. The molecule has 4 rings (SSSR count). The Hall–Kier alpha value is -1.70. The average Bonchev–Trinajstić information content (AvgIpc) is 2.64. The Balaban J connectivity index is 2.02. The molecule has 0 bridgehead atoms. The molecule has 2 aliphatic rings. The van der Waals surface area contributed by atoms with Gasteiger partial charge in [-0.25, -0.2) is 17.2 Å². The van der Waals surface area contributed by atoms with Gasteiger partial charge in [-0.3, -0.25) is 0 Å². The van der Waals surface area contributed by atoms with Crippen molar-refractivity contribution in [3.05, 3.63) is 58.6 Å². The molecular formula is C19H17ClF2O4S. The van der Waals surface area contributed by atoms with Crippen molar-refractivity contribution in [1.29, 1.82) is 0 Å². The van der Waals surface area contributed by atoms with Gasteiger partial charge in [0.05, 0.1) is 16.6 Å². The topological polar surface area (TPSA) is 52.6 Å². The van der Waals surface area contributed by atoms with Crippen LogP contribution in [0.3, 0.4) is 0 Å². The minimum Gasteiger partial charge on any atom is -0.487 e. The third-order valence-corrected chi connectivity index (χ3v) is 8.08. The highest BCUT2D eigenvalue weighted by Crippen LogP contribution is 2.53. The van der Waals surface area contributed by atoms with Crippen LogP contribution in [0.1, 0.15) is 25.3 Å². The van der Waals surface area contributed by atoms with Crippen molar-refractivity contribution in [2.24, 2.45) is 0 Å². The minimum atomic E-state index is -4.15. The second-order valence-electron chi connectivity index (χ2n) is 6.87. The Bertz CT molecular complexity index is 994. The van der Waals surface area contributed by atoms with Crippen LogP contribution in [0, 0.1) is 11.6 Å². The third kappa shape index (κ3) is 2.67. The maximum atomic E-state index is 14.9. The first-order valence-corrected chi connectivity index (χ1v) is 10.4. The molecule has 4 nitrogen and oxygen atoms in total. The van der Waals surface area contributed by atoms with Crippen LogP contribution in [-0.2, 0) is 19.3 Å². The number of hydrogen-bond donors (Lipinski definition) is 0. The lowest BCUT2D eigenvalue weighted by Gasteiger charge is -2.48. The molecule has 2 heterocycles. The van der Waals surface area contributed by atoms with Gasteiger partial charge in [-0.05, 0) is 56.2 Å². The summed E-state index contributed by atoms with van der Waals surface area (Å²) in [5.74, 6) is -1.98. The van der Waals surface area contributed by atoms with Crippen LogP contribution >= 0.6 is 11.6 Å².